The summed E-state index contributed by atoms with van der Waals surface area (Å²) < 4.78 is 10.7. The number of methoxy groups -OCH3 is 1. The second-order valence-corrected chi connectivity index (χ2v) is 10.7. The van der Waals surface area contributed by atoms with E-state index in [0.717, 1.165) is 11.1 Å². The van der Waals surface area contributed by atoms with E-state index in [1.807, 2.05) is 55.5 Å². The molecule has 0 saturated carbocycles. The van der Waals surface area contributed by atoms with Crippen LogP contribution in [0.2, 0.25) is 10.0 Å². The van der Waals surface area contributed by atoms with Crippen molar-refractivity contribution < 1.29 is 19.1 Å². The van der Waals surface area contributed by atoms with E-state index in [1.54, 1.807) is 44.9 Å². The number of carbonyl (C=O) groups excluding carboxylic acids is 2. The van der Waals surface area contributed by atoms with E-state index in [2.05, 4.69) is 5.32 Å². The van der Waals surface area contributed by atoms with Gasteiger partial charge >= 0.3 is 6.09 Å². The van der Waals surface area contributed by atoms with Crippen molar-refractivity contribution in [2.45, 2.75) is 46.0 Å². The molecule has 0 fully saturated rings. The second-order valence-electron chi connectivity index (χ2n) is 9.92. The molecule has 38 heavy (non-hydrogen) atoms. The highest BCUT2D eigenvalue weighted by Crippen LogP contribution is 2.35. The maximum atomic E-state index is 14.0. The van der Waals surface area contributed by atoms with Crippen LogP contribution in [0, 0.1) is 6.92 Å². The van der Waals surface area contributed by atoms with Gasteiger partial charge in [0, 0.05) is 11.1 Å². The Balaban J connectivity index is 1.86. The van der Waals surface area contributed by atoms with Crippen LogP contribution >= 0.6 is 23.2 Å². The Hall–Kier alpha value is -3.55. The van der Waals surface area contributed by atoms with Crippen molar-refractivity contribution in [1.82, 2.24) is 5.32 Å². The SMILES string of the molecule is COc1ccc(CN2C(=O)C(NC(=O)OC(C)(C)C)N=C(c3c(Cl)cc(C)cc3Cl)c3ccccc32)cc1. The first-order valence-electron chi connectivity index (χ1n) is 12.0. The fourth-order valence-electron chi connectivity index (χ4n) is 4.14. The lowest BCUT2D eigenvalue weighted by Gasteiger charge is -2.26. The standard InChI is InChI=1S/C29H29Cl2N3O4/c1-17-14-21(30)24(22(31)15-17)25-20-8-6-7-9-23(20)34(16-18-10-12-19(37-5)13-11-18)27(35)26(32-25)33-28(36)38-29(2,3)4/h6-15,26H,16H2,1-5H3,(H,33,36). The predicted molar refractivity (Wildman–Crippen MR) is 151 cm³/mol. The Labute approximate surface area is 232 Å². The van der Waals surface area contributed by atoms with Crippen LogP contribution in [-0.2, 0) is 16.1 Å². The number of ether oxygens (including phenoxy) is 2. The highest BCUT2D eigenvalue weighted by Gasteiger charge is 2.35. The quantitative estimate of drug-likeness (QED) is 0.388. The van der Waals surface area contributed by atoms with Crippen molar-refractivity contribution in [3.63, 3.8) is 0 Å². The maximum absolute atomic E-state index is 14.0. The lowest BCUT2D eigenvalue weighted by molar-refractivity contribution is -0.120. The normalized spacial score (nSPS) is 15.3. The minimum Gasteiger partial charge on any atom is -0.497 e. The molecule has 1 atom stereocenters. The maximum Gasteiger partial charge on any atom is 0.409 e. The summed E-state index contributed by atoms with van der Waals surface area (Å²) in [5, 5.41) is 3.41. The van der Waals surface area contributed by atoms with Gasteiger partial charge in [0.25, 0.3) is 5.91 Å². The van der Waals surface area contributed by atoms with E-state index in [4.69, 9.17) is 37.7 Å². The number of aliphatic imine (C=N–C) groups is 1. The van der Waals surface area contributed by atoms with Crippen molar-refractivity contribution in [2.24, 2.45) is 4.99 Å². The molecule has 1 unspecified atom stereocenters. The molecule has 1 aliphatic rings. The average molecular weight is 554 g/mol. The Morgan fingerprint density at radius 2 is 1.68 bits per heavy atom. The summed E-state index contributed by atoms with van der Waals surface area (Å²) in [6, 6.07) is 18.4. The molecule has 4 rings (SSSR count). The molecular formula is C29H29Cl2N3O4. The van der Waals surface area contributed by atoms with Crippen LogP contribution in [0.25, 0.3) is 0 Å². The highest BCUT2D eigenvalue weighted by atomic mass is 35.5. The van der Waals surface area contributed by atoms with Gasteiger partial charge in [-0.2, -0.15) is 0 Å². The summed E-state index contributed by atoms with van der Waals surface area (Å²) in [6.07, 6.45) is -2.06. The molecule has 3 aromatic rings. The molecule has 0 aromatic heterocycles. The monoisotopic (exact) mass is 553 g/mol. The number of para-hydroxylation sites is 1. The summed E-state index contributed by atoms with van der Waals surface area (Å²) >= 11 is 13.3. The minimum absolute atomic E-state index is 0.227. The number of benzodiazepines with no additional fused rings is 1. The van der Waals surface area contributed by atoms with Gasteiger partial charge in [-0.25, -0.2) is 9.79 Å². The number of fused-ring (bicyclic) bond motifs is 1. The molecule has 9 heteroatoms. The lowest BCUT2D eigenvalue weighted by Crippen LogP contribution is -2.48. The van der Waals surface area contributed by atoms with Gasteiger partial charge in [-0.05, 0) is 69.2 Å². The number of hydrogen-bond acceptors (Lipinski definition) is 5. The molecule has 198 valence electrons. The van der Waals surface area contributed by atoms with Crippen LogP contribution in [0.5, 0.6) is 5.75 Å². The first-order chi connectivity index (χ1) is 18.0. The first kappa shape index (κ1) is 27.5. The van der Waals surface area contributed by atoms with Crippen molar-refractivity contribution in [3.8, 4) is 5.75 Å². The number of rotatable bonds is 5. The van der Waals surface area contributed by atoms with E-state index in [9.17, 15) is 9.59 Å². The van der Waals surface area contributed by atoms with Crippen molar-refractivity contribution in [3.05, 3.63) is 93.0 Å². The summed E-state index contributed by atoms with van der Waals surface area (Å²) in [6.45, 7) is 7.34. The van der Waals surface area contributed by atoms with Gasteiger partial charge < -0.3 is 14.4 Å². The summed E-state index contributed by atoms with van der Waals surface area (Å²) in [4.78, 5) is 33.1. The van der Waals surface area contributed by atoms with Gasteiger partial charge in [0.1, 0.15) is 11.4 Å². The Morgan fingerprint density at radius 3 is 2.29 bits per heavy atom. The smallest absolute Gasteiger partial charge is 0.409 e. The van der Waals surface area contributed by atoms with Crippen LogP contribution in [0.1, 0.15) is 43.0 Å². The van der Waals surface area contributed by atoms with Gasteiger partial charge in [-0.15, -0.1) is 0 Å². The summed E-state index contributed by atoms with van der Waals surface area (Å²) in [7, 11) is 1.59. The average Bonchev–Trinajstić information content (AvgIpc) is 2.94. The number of amides is 2. The Kier molecular flexibility index (Phi) is 7.99. The molecule has 2 amide bonds. The number of halogens is 2. The van der Waals surface area contributed by atoms with Gasteiger partial charge in [0.05, 0.1) is 35.1 Å². The highest BCUT2D eigenvalue weighted by molar-refractivity contribution is 6.42. The fourth-order valence-corrected chi connectivity index (χ4v) is 4.92. The third-order valence-corrected chi connectivity index (χ3v) is 6.38. The third kappa shape index (κ3) is 6.11. The molecule has 0 aliphatic carbocycles. The van der Waals surface area contributed by atoms with E-state index >= 15 is 0 Å². The molecule has 3 aromatic carbocycles. The van der Waals surface area contributed by atoms with E-state index in [1.165, 1.54) is 0 Å². The van der Waals surface area contributed by atoms with E-state index in [-0.39, 0.29) is 6.54 Å². The number of aryl methyl sites for hydroxylation is 1. The largest absolute Gasteiger partial charge is 0.497 e. The van der Waals surface area contributed by atoms with Crippen LogP contribution in [0.4, 0.5) is 10.5 Å². The van der Waals surface area contributed by atoms with Crippen molar-refractivity contribution >= 4 is 46.6 Å². The molecule has 1 N–H and O–H groups in total. The van der Waals surface area contributed by atoms with Gasteiger partial charge in [0.15, 0.2) is 0 Å². The topological polar surface area (TPSA) is 80.2 Å². The zero-order valence-electron chi connectivity index (χ0n) is 21.8. The number of anilines is 1. The predicted octanol–water partition coefficient (Wildman–Crippen LogP) is 6.55. The molecular weight excluding hydrogens is 525 g/mol. The minimum atomic E-state index is -1.29. The zero-order chi connectivity index (χ0) is 27.6. The third-order valence-electron chi connectivity index (χ3n) is 5.78. The Morgan fingerprint density at radius 1 is 1.05 bits per heavy atom. The van der Waals surface area contributed by atoms with Crippen molar-refractivity contribution in [2.75, 3.05) is 12.0 Å². The van der Waals surface area contributed by atoms with Crippen LogP contribution in [-0.4, -0.2) is 36.6 Å². The molecule has 1 aliphatic heterocycles. The fraction of sp³-hybridized carbons (Fsp3) is 0.276. The first-order valence-corrected chi connectivity index (χ1v) is 12.8. The zero-order valence-corrected chi connectivity index (χ0v) is 23.4. The van der Waals surface area contributed by atoms with Gasteiger partial charge in [-0.3, -0.25) is 10.1 Å². The molecule has 1 heterocycles. The Bertz CT molecular complexity index is 1370. The summed E-state index contributed by atoms with van der Waals surface area (Å²) in [5.41, 5.74) is 3.10. The van der Waals surface area contributed by atoms with Crippen molar-refractivity contribution in [1.29, 1.82) is 0 Å². The second kappa shape index (κ2) is 11.1. The number of hydrogen-bond donors (Lipinski definition) is 1. The number of nitrogens with zero attached hydrogens (tertiary/aromatic N) is 2. The molecule has 0 bridgehead atoms. The van der Waals surface area contributed by atoms with Crippen LogP contribution in [0.3, 0.4) is 0 Å². The number of alkyl carbamates (subject to hydrolysis) is 1. The molecule has 7 nitrogen and oxygen atoms in total. The molecule has 0 radical (unpaired) electrons. The van der Waals surface area contributed by atoms with E-state index < -0.39 is 23.8 Å². The van der Waals surface area contributed by atoms with Gasteiger partial charge in [-0.1, -0.05) is 53.5 Å². The van der Waals surface area contributed by atoms with Crippen LogP contribution in [0.15, 0.2) is 65.7 Å². The van der Waals surface area contributed by atoms with E-state index in [0.29, 0.717) is 38.3 Å². The molecule has 0 spiro atoms. The lowest BCUT2D eigenvalue weighted by atomic mass is 9.99. The number of carbonyl (C=O) groups is 2. The summed E-state index contributed by atoms with van der Waals surface area (Å²) in [5.74, 6) is 0.267. The number of nitrogens with one attached hydrogen (secondary N) is 1. The molecule has 0 saturated heterocycles. The number of benzene rings is 3. The van der Waals surface area contributed by atoms with Crippen LogP contribution < -0.4 is 15.0 Å². The van der Waals surface area contributed by atoms with Gasteiger partial charge in [0.2, 0.25) is 6.17 Å².